The van der Waals surface area contributed by atoms with Crippen LogP contribution in [0.2, 0.25) is 0 Å². The van der Waals surface area contributed by atoms with Crippen molar-refractivity contribution in [2.45, 2.75) is 45.6 Å². The predicted molar refractivity (Wildman–Crippen MR) is 121 cm³/mol. The summed E-state index contributed by atoms with van der Waals surface area (Å²) in [4.78, 5) is 32.1. The molecule has 7 heteroatoms. The van der Waals surface area contributed by atoms with Crippen LogP contribution in [-0.2, 0) is 12.0 Å². The molecule has 1 amide bonds. The van der Waals surface area contributed by atoms with Gasteiger partial charge in [-0.25, -0.2) is 0 Å². The van der Waals surface area contributed by atoms with Crippen LogP contribution in [0.4, 0.5) is 5.69 Å². The van der Waals surface area contributed by atoms with Crippen LogP contribution < -0.4 is 10.1 Å². The standard InChI is InChI=1S/C23H29N3O3.ClH/c1-6-7-19(27)18-11-15(8-9-20(18)29-5)22(28)25-17-10-16-13-26(4)14-23(2,3)21(16)24-12-17;/h8-12H,6-7,13-14H2,1-5H3,(H,25,28);1H. The maximum atomic E-state index is 12.8. The summed E-state index contributed by atoms with van der Waals surface area (Å²) in [7, 11) is 3.61. The Balaban J connectivity index is 0.00000320. The van der Waals surface area contributed by atoms with Gasteiger partial charge in [0.05, 0.1) is 30.3 Å². The van der Waals surface area contributed by atoms with Gasteiger partial charge in [0.25, 0.3) is 5.91 Å². The molecule has 2 heterocycles. The Kier molecular flexibility index (Phi) is 7.61. The average Bonchev–Trinajstić information content (AvgIpc) is 2.66. The van der Waals surface area contributed by atoms with Crippen LogP contribution in [0.1, 0.15) is 65.6 Å². The second kappa shape index (κ2) is 9.58. The first-order chi connectivity index (χ1) is 13.7. The number of nitrogens with zero attached hydrogens (tertiary/aromatic N) is 2. The number of amides is 1. The molecule has 3 rings (SSSR count). The van der Waals surface area contributed by atoms with Gasteiger partial charge in [0, 0.05) is 30.5 Å². The lowest BCUT2D eigenvalue weighted by molar-refractivity contribution is 0.0978. The minimum atomic E-state index is -0.275. The van der Waals surface area contributed by atoms with Gasteiger partial charge in [-0.05, 0) is 43.3 Å². The maximum absolute atomic E-state index is 12.8. The lowest BCUT2D eigenvalue weighted by Gasteiger charge is -2.37. The quantitative estimate of drug-likeness (QED) is 0.683. The largest absolute Gasteiger partial charge is 0.496 e. The van der Waals surface area contributed by atoms with Gasteiger partial charge in [0.2, 0.25) is 0 Å². The van der Waals surface area contributed by atoms with E-state index >= 15 is 0 Å². The summed E-state index contributed by atoms with van der Waals surface area (Å²) in [5.74, 6) is 0.184. The van der Waals surface area contributed by atoms with Crippen molar-refractivity contribution in [2.75, 3.05) is 26.0 Å². The minimum absolute atomic E-state index is 0. The van der Waals surface area contributed by atoms with Gasteiger partial charge in [-0.2, -0.15) is 0 Å². The predicted octanol–water partition coefficient (Wildman–Crippen LogP) is 4.47. The number of carbonyl (C=O) groups is 2. The smallest absolute Gasteiger partial charge is 0.255 e. The van der Waals surface area contributed by atoms with Gasteiger partial charge in [0.1, 0.15) is 5.75 Å². The molecule has 30 heavy (non-hydrogen) atoms. The lowest BCUT2D eigenvalue weighted by atomic mass is 9.82. The molecule has 1 aliphatic rings. The highest BCUT2D eigenvalue weighted by molar-refractivity contribution is 6.07. The molecule has 0 atom stereocenters. The molecule has 0 aliphatic carbocycles. The first-order valence-corrected chi connectivity index (χ1v) is 9.95. The number of rotatable bonds is 6. The number of halogens is 1. The number of Topliss-reactive ketones (excluding diaryl/α,β-unsaturated/α-hetero) is 1. The number of benzene rings is 1. The summed E-state index contributed by atoms with van der Waals surface area (Å²) in [6, 6.07) is 6.93. The third kappa shape index (κ3) is 4.99. The Hall–Kier alpha value is -2.44. The molecule has 0 spiro atoms. The molecule has 162 valence electrons. The fourth-order valence-corrected chi connectivity index (χ4v) is 4.04. The Morgan fingerprint density at radius 1 is 1.27 bits per heavy atom. The van der Waals surface area contributed by atoms with Crippen molar-refractivity contribution >= 4 is 29.8 Å². The molecule has 1 N–H and O–H groups in total. The number of likely N-dealkylation sites (N-methyl/N-ethyl adjacent to an activating group) is 1. The van der Waals surface area contributed by atoms with E-state index < -0.39 is 0 Å². The van der Waals surface area contributed by atoms with Gasteiger partial charge < -0.3 is 15.0 Å². The molecule has 1 aromatic heterocycles. The summed E-state index contributed by atoms with van der Waals surface area (Å²) in [6.07, 6.45) is 2.86. The van der Waals surface area contributed by atoms with Gasteiger partial charge in [-0.15, -0.1) is 12.4 Å². The highest BCUT2D eigenvalue weighted by Crippen LogP contribution is 2.32. The van der Waals surface area contributed by atoms with Gasteiger partial charge in [-0.3, -0.25) is 14.6 Å². The van der Waals surface area contributed by atoms with Crippen molar-refractivity contribution in [1.29, 1.82) is 0 Å². The fourth-order valence-electron chi connectivity index (χ4n) is 4.04. The van der Waals surface area contributed by atoms with Crippen molar-refractivity contribution in [3.8, 4) is 5.75 Å². The number of anilines is 1. The SMILES string of the molecule is CCCC(=O)c1cc(C(=O)Nc2cnc3c(c2)CN(C)CC3(C)C)ccc1OC.Cl. The van der Waals surface area contributed by atoms with Crippen LogP contribution in [-0.4, -0.2) is 42.3 Å². The normalized spacial score (nSPS) is 15.0. The van der Waals surface area contributed by atoms with Crippen molar-refractivity contribution in [2.24, 2.45) is 0 Å². The molecule has 0 saturated carbocycles. The number of fused-ring (bicyclic) bond motifs is 1. The van der Waals surface area contributed by atoms with Crippen LogP contribution in [0.5, 0.6) is 5.75 Å². The summed E-state index contributed by atoms with van der Waals surface area (Å²) < 4.78 is 5.29. The first-order valence-electron chi connectivity index (χ1n) is 9.95. The molecular weight excluding hydrogens is 402 g/mol. The van der Waals surface area contributed by atoms with E-state index in [1.165, 1.54) is 7.11 Å². The van der Waals surface area contributed by atoms with E-state index in [0.29, 0.717) is 29.0 Å². The topological polar surface area (TPSA) is 71.5 Å². The van der Waals surface area contributed by atoms with E-state index in [-0.39, 0.29) is 29.5 Å². The lowest BCUT2D eigenvalue weighted by Crippen LogP contribution is -2.40. The fraction of sp³-hybridized carbons (Fsp3) is 0.435. The van der Waals surface area contributed by atoms with E-state index in [2.05, 4.69) is 36.1 Å². The van der Waals surface area contributed by atoms with Gasteiger partial charge in [-0.1, -0.05) is 20.8 Å². The highest BCUT2D eigenvalue weighted by Gasteiger charge is 2.31. The van der Waals surface area contributed by atoms with Crippen LogP contribution >= 0.6 is 12.4 Å². The van der Waals surface area contributed by atoms with Crippen molar-refractivity contribution in [1.82, 2.24) is 9.88 Å². The Morgan fingerprint density at radius 3 is 2.67 bits per heavy atom. The Bertz CT molecular complexity index is 943. The Morgan fingerprint density at radius 2 is 2.00 bits per heavy atom. The van der Waals surface area contributed by atoms with Crippen LogP contribution in [0.3, 0.4) is 0 Å². The highest BCUT2D eigenvalue weighted by atomic mass is 35.5. The number of ketones is 1. The number of methoxy groups -OCH3 is 1. The molecule has 1 aliphatic heterocycles. The van der Waals surface area contributed by atoms with Crippen LogP contribution in [0.25, 0.3) is 0 Å². The second-order valence-corrected chi connectivity index (χ2v) is 8.33. The summed E-state index contributed by atoms with van der Waals surface area (Å²) in [5.41, 5.74) is 3.67. The summed E-state index contributed by atoms with van der Waals surface area (Å²) in [6.45, 7) is 8.05. The van der Waals surface area contributed by atoms with E-state index in [9.17, 15) is 9.59 Å². The number of hydrogen-bond donors (Lipinski definition) is 1. The average molecular weight is 432 g/mol. The molecule has 0 radical (unpaired) electrons. The third-order valence-corrected chi connectivity index (χ3v) is 5.21. The molecule has 2 aromatic rings. The van der Waals surface area contributed by atoms with E-state index in [4.69, 9.17) is 4.74 Å². The number of hydrogen-bond acceptors (Lipinski definition) is 5. The molecule has 0 bridgehead atoms. The monoisotopic (exact) mass is 431 g/mol. The van der Waals surface area contributed by atoms with E-state index in [0.717, 1.165) is 30.8 Å². The molecule has 0 fully saturated rings. The van der Waals surface area contributed by atoms with Gasteiger partial charge in [0.15, 0.2) is 5.78 Å². The molecular formula is C23H30ClN3O3. The maximum Gasteiger partial charge on any atom is 0.255 e. The van der Waals surface area contributed by atoms with Crippen molar-refractivity contribution in [3.63, 3.8) is 0 Å². The van der Waals surface area contributed by atoms with Crippen LogP contribution in [0, 0.1) is 0 Å². The van der Waals surface area contributed by atoms with Crippen molar-refractivity contribution in [3.05, 3.63) is 52.8 Å². The number of nitrogens with one attached hydrogen (secondary N) is 1. The van der Waals surface area contributed by atoms with Crippen molar-refractivity contribution < 1.29 is 14.3 Å². The van der Waals surface area contributed by atoms with E-state index in [1.807, 2.05) is 13.0 Å². The minimum Gasteiger partial charge on any atom is -0.496 e. The van der Waals surface area contributed by atoms with E-state index in [1.54, 1.807) is 24.4 Å². The molecule has 0 saturated heterocycles. The second-order valence-electron chi connectivity index (χ2n) is 8.33. The molecule has 1 aromatic carbocycles. The number of carbonyl (C=O) groups excluding carboxylic acids is 2. The zero-order chi connectivity index (χ0) is 21.2. The first kappa shape index (κ1) is 23.8. The zero-order valence-corrected chi connectivity index (χ0v) is 19.1. The number of ether oxygens (including phenoxy) is 1. The third-order valence-electron chi connectivity index (χ3n) is 5.21. The molecule has 0 unspecified atom stereocenters. The molecule has 6 nitrogen and oxygen atoms in total. The Labute approximate surface area is 184 Å². The number of aromatic nitrogens is 1. The summed E-state index contributed by atoms with van der Waals surface area (Å²) in [5, 5.41) is 2.91. The summed E-state index contributed by atoms with van der Waals surface area (Å²) >= 11 is 0. The van der Waals surface area contributed by atoms with Crippen LogP contribution in [0.15, 0.2) is 30.5 Å². The zero-order valence-electron chi connectivity index (χ0n) is 18.2. The number of pyridine rings is 1. The van der Waals surface area contributed by atoms with Gasteiger partial charge >= 0.3 is 0 Å².